The van der Waals surface area contributed by atoms with Crippen molar-refractivity contribution in [3.63, 3.8) is 0 Å². The number of hydrogen-bond acceptors (Lipinski definition) is 1. The Labute approximate surface area is 68.9 Å². The monoisotopic (exact) mass is 170 g/mol. The second-order valence-electron chi connectivity index (χ2n) is 3.77. The summed E-state index contributed by atoms with van der Waals surface area (Å²) in [6, 6.07) is 0. The normalized spacial score (nSPS) is 50.5. The molecule has 1 fully saturated rings. The molecule has 0 spiro atoms. The minimum atomic E-state index is -1.91. The molecule has 0 N–H and O–H groups in total. The van der Waals surface area contributed by atoms with Gasteiger partial charge in [-0.25, -0.2) is 0 Å². The van der Waals surface area contributed by atoms with Crippen molar-refractivity contribution in [1.29, 1.82) is 0 Å². The summed E-state index contributed by atoms with van der Waals surface area (Å²) in [6.45, 7) is 6.00. The van der Waals surface area contributed by atoms with E-state index in [9.17, 15) is 4.57 Å². The third kappa shape index (κ3) is 1.37. The lowest BCUT2D eigenvalue weighted by Gasteiger charge is -2.13. The Morgan fingerprint density at radius 3 is 2.27 bits per heavy atom. The molecule has 0 amide bonds. The van der Waals surface area contributed by atoms with E-state index in [0.29, 0.717) is 5.92 Å². The van der Waals surface area contributed by atoms with Crippen molar-refractivity contribution in [2.24, 2.45) is 11.8 Å². The van der Waals surface area contributed by atoms with Crippen molar-refractivity contribution in [1.82, 2.24) is 0 Å². The lowest BCUT2D eigenvalue weighted by atomic mass is 9.94. The molecule has 4 atom stereocenters. The van der Waals surface area contributed by atoms with Gasteiger partial charge in [-0.2, -0.15) is 0 Å². The molecule has 1 aliphatic heterocycles. The van der Waals surface area contributed by atoms with Gasteiger partial charge in [-0.15, -0.1) is 12.3 Å². The van der Waals surface area contributed by atoms with E-state index in [2.05, 4.69) is 12.8 Å². The largest absolute Gasteiger partial charge is 0.324 e. The maximum atomic E-state index is 11.8. The Balaban J connectivity index is 2.90. The van der Waals surface area contributed by atoms with E-state index in [1.807, 2.05) is 13.6 Å². The summed E-state index contributed by atoms with van der Waals surface area (Å²) in [5.41, 5.74) is 0.238. The van der Waals surface area contributed by atoms with Crippen LogP contribution in [-0.2, 0) is 4.57 Å². The van der Waals surface area contributed by atoms with Crippen LogP contribution in [0, 0.1) is 24.2 Å². The fourth-order valence-electron chi connectivity index (χ4n) is 1.97. The van der Waals surface area contributed by atoms with Crippen LogP contribution in [0.5, 0.6) is 0 Å². The summed E-state index contributed by atoms with van der Waals surface area (Å²) < 4.78 is 11.8. The fourth-order valence-corrected chi connectivity index (χ4v) is 4.73. The van der Waals surface area contributed by atoms with E-state index < -0.39 is 7.14 Å². The van der Waals surface area contributed by atoms with Gasteiger partial charge in [-0.1, -0.05) is 13.8 Å². The predicted octanol–water partition coefficient (Wildman–Crippen LogP) is 2.27. The molecule has 0 aromatic carbocycles. The Hall–Kier alpha value is -0.210. The second kappa shape index (κ2) is 2.68. The van der Waals surface area contributed by atoms with Gasteiger partial charge in [-0.05, 0) is 12.6 Å². The van der Waals surface area contributed by atoms with Crippen molar-refractivity contribution in [2.75, 3.05) is 12.8 Å². The van der Waals surface area contributed by atoms with E-state index in [4.69, 9.17) is 6.42 Å². The first kappa shape index (κ1) is 8.88. The van der Waals surface area contributed by atoms with Gasteiger partial charge in [0.05, 0.1) is 7.14 Å². The third-order valence-electron chi connectivity index (χ3n) is 2.84. The lowest BCUT2D eigenvalue weighted by Crippen LogP contribution is -2.12. The maximum absolute atomic E-state index is 11.8. The lowest BCUT2D eigenvalue weighted by molar-refractivity contribution is 0.512. The molecule has 0 aromatic rings. The molecule has 0 aromatic heterocycles. The van der Waals surface area contributed by atoms with Crippen molar-refractivity contribution in [3.8, 4) is 12.3 Å². The fraction of sp³-hybridized carbons (Fsp3) is 0.778. The van der Waals surface area contributed by atoms with Gasteiger partial charge in [0.15, 0.2) is 0 Å². The molecule has 1 heterocycles. The van der Waals surface area contributed by atoms with Crippen LogP contribution < -0.4 is 0 Å². The van der Waals surface area contributed by atoms with Crippen LogP contribution in [0.2, 0.25) is 0 Å². The van der Waals surface area contributed by atoms with Crippen molar-refractivity contribution in [2.45, 2.75) is 19.5 Å². The average molecular weight is 170 g/mol. The van der Waals surface area contributed by atoms with E-state index in [1.54, 1.807) is 0 Å². The molecule has 11 heavy (non-hydrogen) atoms. The van der Waals surface area contributed by atoms with E-state index >= 15 is 0 Å². The minimum Gasteiger partial charge on any atom is -0.324 e. The van der Waals surface area contributed by atoms with Crippen LogP contribution in [0.4, 0.5) is 0 Å². The van der Waals surface area contributed by atoms with Crippen LogP contribution >= 0.6 is 7.14 Å². The van der Waals surface area contributed by atoms with Crippen molar-refractivity contribution in [3.05, 3.63) is 0 Å². The summed E-state index contributed by atoms with van der Waals surface area (Å²) in [5.74, 6) is 3.44. The number of rotatable bonds is 0. The summed E-state index contributed by atoms with van der Waals surface area (Å²) in [7, 11) is -1.91. The highest BCUT2D eigenvalue weighted by atomic mass is 31.2. The van der Waals surface area contributed by atoms with Gasteiger partial charge in [0.1, 0.15) is 0 Å². The molecular formula is C9H15OP. The van der Waals surface area contributed by atoms with Gasteiger partial charge < -0.3 is 4.57 Å². The molecule has 2 heteroatoms. The summed E-state index contributed by atoms with van der Waals surface area (Å²) >= 11 is 0. The van der Waals surface area contributed by atoms with Crippen LogP contribution in [0.15, 0.2) is 0 Å². The highest BCUT2D eigenvalue weighted by Gasteiger charge is 2.42. The maximum Gasteiger partial charge on any atom is 0.0890 e. The van der Waals surface area contributed by atoms with Crippen LogP contribution in [0.3, 0.4) is 0 Å². The van der Waals surface area contributed by atoms with E-state index in [-0.39, 0.29) is 11.6 Å². The third-order valence-corrected chi connectivity index (χ3v) is 6.18. The van der Waals surface area contributed by atoms with Crippen molar-refractivity contribution < 1.29 is 4.57 Å². The van der Waals surface area contributed by atoms with E-state index in [0.717, 1.165) is 6.16 Å². The number of hydrogen-bond donors (Lipinski definition) is 0. The quantitative estimate of drug-likeness (QED) is 0.402. The molecule has 1 saturated heterocycles. The first-order valence-electron chi connectivity index (χ1n) is 4.01. The summed E-state index contributed by atoms with van der Waals surface area (Å²) in [5, 5.41) is 0. The molecule has 0 bridgehead atoms. The van der Waals surface area contributed by atoms with Crippen molar-refractivity contribution >= 4 is 7.14 Å². The van der Waals surface area contributed by atoms with Crippen LogP contribution in [0.1, 0.15) is 13.8 Å². The minimum absolute atomic E-state index is 0.238. The number of terminal acetylenes is 1. The molecule has 1 nitrogen and oxygen atoms in total. The highest BCUT2D eigenvalue weighted by molar-refractivity contribution is 7.64. The Morgan fingerprint density at radius 1 is 1.55 bits per heavy atom. The highest BCUT2D eigenvalue weighted by Crippen LogP contribution is 2.58. The van der Waals surface area contributed by atoms with Gasteiger partial charge in [0, 0.05) is 17.7 Å². The smallest absolute Gasteiger partial charge is 0.0890 e. The molecule has 0 radical (unpaired) electrons. The Kier molecular flexibility index (Phi) is 2.17. The summed E-state index contributed by atoms with van der Waals surface area (Å²) in [6.07, 6.45) is 6.20. The zero-order chi connectivity index (χ0) is 8.65. The summed E-state index contributed by atoms with van der Waals surface area (Å²) in [4.78, 5) is 0. The molecule has 1 aliphatic rings. The van der Waals surface area contributed by atoms with Gasteiger partial charge >= 0.3 is 0 Å². The van der Waals surface area contributed by atoms with Gasteiger partial charge in [-0.3, -0.25) is 0 Å². The van der Waals surface area contributed by atoms with E-state index in [1.165, 1.54) is 0 Å². The molecule has 0 aliphatic carbocycles. The molecule has 1 rings (SSSR count). The molecule has 62 valence electrons. The first-order valence-corrected chi connectivity index (χ1v) is 6.42. The molecule has 0 saturated carbocycles. The SMILES string of the molecule is C#CC1C(C)CP(C)(=O)C1C. The first-order chi connectivity index (χ1) is 4.99. The zero-order valence-corrected chi connectivity index (χ0v) is 8.27. The van der Waals surface area contributed by atoms with Gasteiger partial charge in [0.2, 0.25) is 0 Å². The predicted molar refractivity (Wildman–Crippen MR) is 49.3 cm³/mol. The van der Waals surface area contributed by atoms with Gasteiger partial charge in [0.25, 0.3) is 0 Å². The Morgan fingerprint density at radius 2 is 2.09 bits per heavy atom. The standard InChI is InChI=1S/C9H15OP/c1-5-9-7(2)6-11(4,10)8(9)3/h1,7-9H,6H2,2-4H3. The second-order valence-corrected chi connectivity index (χ2v) is 7.29. The van der Waals surface area contributed by atoms with Crippen LogP contribution in [-0.4, -0.2) is 18.5 Å². The molecule has 4 unspecified atom stereocenters. The van der Waals surface area contributed by atoms with Crippen LogP contribution in [0.25, 0.3) is 0 Å². The topological polar surface area (TPSA) is 17.1 Å². The average Bonchev–Trinajstić information content (AvgIpc) is 2.04. The Bertz CT molecular complexity index is 238. The zero-order valence-electron chi connectivity index (χ0n) is 7.37. The molecular weight excluding hydrogens is 155 g/mol.